The molecule has 0 radical (unpaired) electrons. The number of amides is 2. The molecular formula is C28H36FN7O2. The predicted molar refractivity (Wildman–Crippen MR) is 147 cm³/mol. The maximum Gasteiger partial charge on any atom is 0.246 e. The van der Waals surface area contributed by atoms with Gasteiger partial charge in [-0.25, -0.2) is 9.37 Å². The van der Waals surface area contributed by atoms with Crippen LogP contribution in [0.15, 0.2) is 42.6 Å². The summed E-state index contributed by atoms with van der Waals surface area (Å²) < 4.78 is 13.5. The van der Waals surface area contributed by atoms with E-state index in [0.717, 1.165) is 13.0 Å². The molecular weight excluding hydrogens is 485 g/mol. The normalized spacial score (nSPS) is 14.6. The number of benzene rings is 1. The van der Waals surface area contributed by atoms with Crippen molar-refractivity contribution < 1.29 is 14.0 Å². The van der Waals surface area contributed by atoms with Crippen LogP contribution in [-0.2, 0) is 9.59 Å². The second kappa shape index (κ2) is 14.7. The average molecular weight is 522 g/mol. The van der Waals surface area contributed by atoms with Crippen molar-refractivity contribution in [2.24, 2.45) is 0 Å². The van der Waals surface area contributed by atoms with E-state index in [1.54, 1.807) is 29.3 Å². The van der Waals surface area contributed by atoms with Gasteiger partial charge in [0.25, 0.3) is 0 Å². The Morgan fingerprint density at radius 1 is 1.29 bits per heavy atom. The molecule has 1 saturated heterocycles. The van der Waals surface area contributed by atoms with E-state index in [2.05, 4.69) is 44.7 Å². The van der Waals surface area contributed by atoms with Crippen molar-refractivity contribution in [3.05, 3.63) is 54.0 Å². The first-order chi connectivity index (χ1) is 18.4. The summed E-state index contributed by atoms with van der Waals surface area (Å²) in [7, 11) is 3.86. The van der Waals surface area contributed by atoms with Gasteiger partial charge in [0.2, 0.25) is 17.8 Å². The number of carbonyl (C=O) groups excluding carboxylic acids is 2. The summed E-state index contributed by atoms with van der Waals surface area (Å²) in [5, 5.41) is 9.18. The smallest absolute Gasteiger partial charge is 0.246 e. The summed E-state index contributed by atoms with van der Waals surface area (Å²) in [4.78, 5) is 37.1. The molecule has 1 aromatic heterocycles. The fraction of sp³-hybridized carbons (Fsp3) is 0.429. The van der Waals surface area contributed by atoms with Crippen LogP contribution in [0.4, 0.5) is 21.8 Å². The van der Waals surface area contributed by atoms with E-state index >= 15 is 0 Å². The largest absolute Gasteiger partial charge is 0.369 e. The van der Waals surface area contributed by atoms with Gasteiger partial charge in [0, 0.05) is 44.4 Å². The lowest BCUT2D eigenvalue weighted by atomic mass is 10.0. The van der Waals surface area contributed by atoms with Crippen LogP contribution in [0.25, 0.3) is 0 Å². The number of likely N-dealkylation sites (tertiary alicyclic amines) is 1. The Morgan fingerprint density at radius 3 is 2.84 bits per heavy atom. The maximum atomic E-state index is 13.5. The van der Waals surface area contributed by atoms with E-state index in [-0.39, 0.29) is 17.6 Å². The van der Waals surface area contributed by atoms with Crippen LogP contribution >= 0.6 is 0 Å². The van der Waals surface area contributed by atoms with Crippen molar-refractivity contribution in [3.63, 3.8) is 0 Å². The number of rotatable bonds is 12. The first-order valence-corrected chi connectivity index (χ1v) is 12.9. The molecule has 3 N–H and O–H groups in total. The summed E-state index contributed by atoms with van der Waals surface area (Å²) in [5.41, 5.74) is 1.22. The van der Waals surface area contributed by atoms with E-state index in [0.29, 0.717) is 61.9 Å². The SMILES string of the molecule is CCCNc1nc(Nc2cccc(F)c2)ncc1C#CCCCNC(=O)[C@@H]1CCN1C(=O)/C=C/CN(C)C. The number of hydrogen-bond donors (Lipinski definition) is 3. The Hall–Kier alpha value is -3.97. The number of nitrogens with one attached hydrogen (secondary N) is 3. The third kappa shape index (κ3) is 8.85. The first kappa shape index (κ1) is 28.6. The summed E-state index contributed by atoms with van der Waals surface area (Å²) in [6, 6.07) is 5.70. The van der Waals surface area contributed by atoms with Gasteiger partial charge in [0.05, 0.1) is 11.8 Å². The van der Waals surface area contributed by atoms with Crippen LogP contribution in [0.3, 0.4) is 0 Å². The topological polar surface area (TPSA) is 102 Å². The Morgan fingerprint density at radius 2 is 2.13 bits per heavy atom. The Balaban J connectivity index is 1.47. The molecule has 9 nitrogen and oxygen atoms in total. The highest BCUT2D eigenvalue weighted by Crippen LogP contribution is 2.19. The predicted octanol–water partition coefficient (Wildman–Crippen LogP) is 3.15. The first-order valence-electron chi connectivity index (χ1n) is 12.9. The van der Waals surface area contributed by atoms with Gasteiger partial charge in [-0.3, -0.25) is 9.59 Å². The Kier molecular flexibility index (Phi) is 11.1. The zero-order valence-electron chi connectivity index (χ0n) is 22.3. The standard InChI is InChI=1S/C28H36FN7O2/c1-4-15-30-26-21(20-32-28(34-26)33-23-12-8-11-22(29)19-23)10-6-5-7-16-31-27(38)24-14-18-36(24)25(37)13-9-17-35(2)3/h8-9,11-13,19-20,24H,4-5,7,14-18H2,1-3H3,(H,31,38)(H2,30,32,33,34)/b13-9+/t24-/m0/s1. The number of unbranched alkanes of at least 4 members (excludes halogenated alkanes) is 1. The Bertz CT molecular complexity index is 1190. The molecule has 1 fully saturated rings. The average Bonchev–Trinajstić information content (AvgIpc) is 2.84. The molecule has 0 bridgehead atoms. The van der Waals surface area contributed by atoms with Gasteiger partial charge in [0.1, 0.15) is 17.7 Å². The third-order valence-electron chi connectivity index (χ3n) is 5.75. The van der Waals surface area contributed by atoms with Crippen molar-refractivity contribution in [2.75, 3.05) is 50.9 Å². The number of halogens is 1. The molecule has 202 valence electrons. The second-order valence-corrected chi connectivity index (χ2v) is 9.22. The molecule has 1 aliphatic rings. The minimum Gasteiger partial charge on any atom is -0.369 e. The quantitative estimate of drug-likeness (QED) is 0.224. The molecule has 38 heavy (non-hydrogen) atoms. The Labute approximate surface area is 223 Å². The van der Waals surface area contributed by atoms with Crippen LogP contribution in [0.5, 0.6) is 0 Å². The van der Waals surface area contributed by atoms with Gasteiger partial charge in [0.15, 0.2) is 0 Å². The molecule has 3 rings (SSSR count). The van der Waals surface area contributed by atoms with Crippen molar-refractivity contribution in [1.29, 1.82) is 0 Å². The van der Waals surface area contributed by atoms with E-state index < -0.39 is 6.04 Å². The van der Waals surface area contributed by atoms with Gasteiger partial charge in [-0.2, -0.15) is 4.98 Å². The number of anilines is 3. The fourth-order valence-corrected chi connectivity index (χ4v) is 3.65. The van der Waals surface area contributed by atoms with E-state index in [1.807, 2.05) is 19.0 Å². The van der Waals surface area contributed by atoms with Crippen LogP contribution in [-0.4, -0.2) is 77.9 Å². The summed E-state index contributed by atoms with van der Waals surface area (Å²) in [6.45, 7) is 4.54. The lowest BCUT2D eigenvalue weighted by molar-refractivity contribution is -0.143. The van der Waals surface area contributed by atoms with Crippen LogP contribution < -0.4 is 16.0 Å². The summed E-state index contributed by atoms with van der Waals surface area (Å²) in [6.07, 6.45) is 7.83. The molecule has 0 spiro atoms. The molecule has 10 heteroatoms. The van der Waals surface area contributed by atoms with Crippen LogP contribution in [0, 0.1) is 17.7 Å². The van der Waals surface area contributed by atoms with Crippen molar-refractivity contribution >= 4 is 29.3 Å². The monoisotopic (exact) mass is 521 g/mol. The highest BCUT2D eigenvalue weighted by molar-refractivity contribution is 5.94. The molecule has 2 amide bonds. The molecule has 2 heterocycles. The van der Waals surface area contributed by atoms with Gasteiger partial charge < -0.3 is 25.8 Å². The fourth-order valence-electron chi connectivity index (χ4n) is 3.65. The number of likely N-dealkylation sites (N-methyl/N-ethyl adjacent to an activating group) is 1. The highest BCUT2D eigenvalue weighted by atomic mass is 19.1. The second-order valence-electron chi connectivity index (χ2n) is 9.22. The lowest BCUT2D eigenvalue weighted by Crippen LogP contribution is -2.58. The van der Waals surface area contributed by atoms with Gasteiger partial charge in [-0.1, -0.05) is 30.9 Å². The molecule has 1 atom stereocenters. The molecule has 1 aromatic carbocycles. The van der Waals surface area contributed by atoms with E-state index in [4.69, 9.17) is 0 Å². The lowest BCUT2D eigenvalue weighted by Gasteiger charge is -2.39. The molecule has 0 aliphatic carbocycles. The summed E-state index contributed by atoms with van der Waals surface area (Å²) in [5.74, 6) is 6.58. The van der Waals surface area contributed by atoms with Crippen molar-refractivity contribution in [3.8, 4) is 11.8 Å². The molecule has 2 aromatic rings. The third-order valence-corrected chi connectivity index (χ3v) is 5.75. The van der Waals surface area contributed by atoms with Gasteiger partial charge >= 0.3 is 0 Å². The number of aromatic nitrogens is 2. The summed E-state index contributed by atoms with van der Waals surface area (Å²) >= 11 is 0. The minimum atomic E-state index is -0.401. The van der Waals surface area contributed by atoms with Crippen molar-refractivity contribution in [1.82, 2.24) is 25.1 Å². The van der Waals surface area contributed by atoms with E-state index in [9.17, 15) is 14.0 Å². The maximum absolute atomic E-state index is 13.5. The highest BCUT2D eigenvalue weighted by Gasteiger charge is 2.36. The van der Waals surface area contributed by atoms with Crippen molar-refractivity contribution in [2.45, 2.75) is 38.6 Å². The molecule has 0 saturated carbocycles. The number of hydrogen-bond acceptors (Lipinski definition) is 7. The zero-order chi connectivity index (χ0) is 27.3. The van der Waals surface area contributed by atoms with Crippen LogP contribution in [0.1, 0.15) is 38.2 Å². The number of nitrogens with zero attached hydrogens (tertiary/aromatic N) is 4. The molecule has 0 unspecified atom stereocenters. The van der Waals surface area contributed by atoms with Gasteiger partial charge in [-0.05, 0) is 51.6 Å². The molecule has 1 aliphatic heterocycles. The van der Waals surface area contributed by atoms with Crippen LogP contribution in [0.2, 0.25) is 0 Å². The van der Waals surface area contributed by atoms with E-state index in [1.165, 1.54) is 18.2 Å². The van der Waals surface area contributed by atoms with Gasteiger partial charge in [-0.15, -0.1) is 0 Å². The minimum absolute atomic E-state index is 0.126. The number of carbonyl (C=O) groups is 2. The zero-order valence-corrected chi connectivity index (χ0v) is 22.3.